The molecular weight excluding hydrogens is 423 g/mol. The highest BCUT2D eigenvalue weighted by molar-refractivity contribution is 5.96. The molecule has 1 amide bonds. The van der Waals surface area contributed by atoms with E-state index in [0.717, 1.165) is 31.5 Å². The van der Waals surface area contributed by atoms with Crippen molar-refractivity contribution in [2.24, 2.45) is 0 Å². The molecule has 0 aliphatic carbocycles. The van der Waals surface area contributed by atoms with Gasteiger partial charge >= 0.3 is 0 Å². The number of halogens is 1. The van der Waals surface area contributed by atoms with Crippen LogP contribution in [0.15, 0.2) is 42.7 Å². The standard InChI is InChI=1S/C24H27FN6O2/c1-3-33-17-8-6-15(7-9-17)19-11-18(24(32)29-16-5-4-10-31(2)14-16)22(25)23(30-19)20-12-28-21(26)13-27-20/h6-9,11-13,16H,3-5,10,14H2,1-2H3,(H2,26,28)(H,29,32)/t16-/m0/s1. The Balaban J connectivity index is 1.74. The van der Waals surface area contributed by atoms with Gasteiger partial charge in [-0.25, -0.2) is 19.3 Å². The number of nitrogens with two attached hydrogens (primary N) is 1. The van der Waals surface area contributed by atoms with E-state index in [2.05, 4.69) is 25.2 Å². The summed E-state index contributed by atoms with van der Waals surface area (Å²) in [5.41, 5.74) is 6.84. The van der Waals surface area contributed by atoms with Gasteiger partial charge in [0, 0.05) is 18.2 Å². The van der Waals surface area contributed by atoms with E-state index < -0.39 is 11.7 Å². The van der Waals surface area contributed by atoms with Crippen LogP contribution in [0.2, 0.25) is 0 Å². The highest BCUT2D eigenvalue weighted by Gasteiger charge is 2.25. The summed E-state index contributed by atoms with van der Waals surface area (Å²) < 4.78 is 21.0. The third kappa shape index (κ3) is 5.25. The molecule has 0 unspecified atom stereocenters. The van der Waals surface area contributed by atoms with Crippen molar-refractivity contribution in [3.63, 3.8) is 0 Å². The average molecular weight is 451 g/mol. The van der Waals surface area contributed by atoms with Crippen molar-refractivity contribution in [1.29, 1.82) is 0 Å². The van der Waals surface area contributed by atoms with Crippen LogP contribution >= 0.6 is 0 Å². The molecule has 172 valence electrons. The van der Waals surface area contributed by atoms with Crippen LogP contribution in [0.5, 0.6) is 5.75 Å². The Hall–Kier alpha value is -3.59. The zero-order chi connectivity index (χ0) is 23.4. The normalized spacial score (nSPS) is 16.4. The Labute approximate surface area is 192 Å². The molecule has 3 heterocycles. The first kappa shape index (κ1) is 22.6. The van der Waals surface area contributed by atoms with Crippen LogP contribution in [0, 0.1) is 5.82 Å². The summed E-state index contributed by atoms with van der Waals surface area (Å²) in [7, 11) is 2.01. The SMILES string of the molecule is CCOc1ccc(-c2cc(C(=O)N[C@H]3CCCN(C)C3)c(F)c(-c3cnc(N)cn3)n2)cc1. The number of amides is 1. The Morgan fingerprint density at radius 1 is 1.24 bits per heavy atom. The number of anilines is 1. The molecule has 1 aliphatic rings. The largest absolute Gasteiger partial charge is 0.494 e. The van der Waals surface area contributed by atoms with Gasteiger partial charge in [-0.15, -0.1) is 0 Å². The van der Waals surface area contributed by atoms with Gasteiger partial charge in [0.15, 0.2) is 5.82 Å². The number of nitrogens with one attached hydrogen (secondary N) is 1. The molecule has 0 spiro atoms. The molecule has 3 N–H and O–H groups in total. The summed E-state index contributed by atoms with van der Waals surface area (Å²) in [5.74, 6) is -0.300. The van der Waals surface area contributed by atoms with Crippen molar-refractivity contribution in [3.8, 4) is 28.4 Å². The van der Waals surface area contributed by atoms with Gasteiger partial charge in [0.1, 0.15) is 23.0 Å². The molecule has 2 aromatic heterocycles. The smallest absolute Gasteiger partial charge is 0.254 e. The van der Waals surface area contributed by atoms with Gasteiger partial charge in [0.05, 0.1) is 30.3 Å². The molecule has 1 saturated heterocycles. The summed E-state index contributed by atoms with van der Waals surface area (Å²) in [6.45, 7) is 4.16. The second kappa shape index (κ2) is 9.91. The topological polar surface area (TPSA) is 106 Å². The second-order valence-corrected chi connectivity index (χ2v) is 8.08. The van der Waals surface area contributed by atoms with Crippen LogP contribution in [-0.2, 0) is 0 Å². The fourth-order valence-electron chi connectivity index (χ4n) is 3.91. The maximum atomic E-state index is 15.5. The number of aromatic nitrogens is 3. The number of nitrogen functional groups attached to an aromatic ring is 1. The summed E-state index contributed by atoms with van der Waals surface area (Å²) >= 11 is 0. The van der Waals surface area contributed by atoms with Crippen LogP contribution in [0.1, 0.15) is 30.1 Å². The summed E-state index contributed by atoms with van der Waals surface area (Å²) in [6, 6.07) is 8.69. The van der Waals surface area contributed by atoms with E-state index in [4.69, 9.17) is 10.5 Å². The zero-order valence-electron chi connectivity index (χ0n) is 18.7. The van der Waals surface area contributed by atoms with E-state index in [1.165, 1.54) is 18.5 Å². The molecule has 4 rings (SSSR count). The number of hydrogen-bond donors (Lipinski definition) is 2. The molecule has 1 fully saturated rings. The number of nitrogens with zero attached hydrogens (tertiary/aromatic N) is 4. The Bertz CT molecular complexity index is 1120. The third-order valence-corrected chi connectivity index (χ3v) is 5.54. The first-order valence-corrected chi connectivity index (χ1v) is 11.0. The van der Waals surface area contributed by atoms with E-state index in [0.29, 0.717) is 18.1 Å². The number of carbonyl (C=O) groups is 1. The molecule has 1 atom stereocenters. The molecule has 1 aromatic carbocycles. The number of hydrogen-bond acceptors (Lipinski definition) is 7. The highest BCUT2D eigenvalue weighted by Crippen LogP contribution is 2.28. The van der Waals surface area contributed by atoms with Crippen LogP contribution in [0.3, 0.4) is 0 Å². The molecule has 0 saturated carbocycles. The number of pyridine rings is 1. The van der Waals surface area contributed by atoms with Gasteiger partial charge in [-0.3, -0.25) is 4.79 Å². The van der Waals surface area contributed by atoms with E-state index in [-0.39, 0.29) is 28.8 Å². The molecule has 8 nitrogen and oxygen atoms in total. The summed E-state index contributed by atoms with van der Waals surface area (Å²) in [6.07, 6.45) is 4.51. The third-order valence-electron chi connectivity index (χ3n) is 5.54. The number of likely N-dealkylation sites (tertiary alicyclic amines) is 1. The number of likely N-dealkylation sites (N-methyl/N-ethyl adjacent to an activating group) is 1. The second-order valence-electron chi connectivity index (χ2n) is 8.08. The van der Waals surface area contributed by atoms with Crippen molar-refractivity contribution in [2.45, 2.75) is 25.8 Å². The lowest BCUT2D eigenvalue weighted by atomic mass is 10.0. The van der Waals surface area contributed by atoms with Crippen molar-refractivity contribution >= 4 is 11.7 Å². The fraction of sp³-hybridized carbons (Fsp3) is 0.333. The first-order valence-electron chi connectivity index (χ1n) is 11.0. The Morgan fingerprint density at radius 2 is 2.03 bits per heavy atom. The van der Waals surface area contributed by atoms with Crippen molar-refractivity contribution in [1.82, 2.24) is 25.2 Å². The van der Waals surface area contributed by atoms with Gasteiger partial charge in [-0.05, 0) is 63.7 Å². The summed E-state index contributed by atoms with van der Waals surface area (Å²) in [5, 5.41) is 2.97. The van der Waals surface area contributed by atoms with Gasteiger partial charge in [-0.1, -0.05) is 0 Å². The minimum atomic E-state index is -0.745. The quantitative estimate of drug-likeness (QED) is 0.594. The van der Waals surface area contributed by atoms with Crippen molar-refractivity contribution in [2.75, 3.05) is 32.5 Å². The molecule has 1 aliphatic heterocycles. The number of ether oxygens (including phenoxy) is 1. The lowest BCUT2D eigenvalue weighted by Gasteiger charge is -2.30. The first-order chi connectivity index (χ1) is 15.9. The van der Waals surface area contributed by atoms with Gasteiger partial charge in [0.25, 0.3) is 5.91 Å². The maximum absolute atomic E-state index is 15.5. The van der Waals surface area contributed by atoms with E-state index in [1.54, 1.807) is 0 Å². The van der Waals surface area contributed by atoms with E-state index >= 15 is 4.39 Å². The molecular formula is C24H27FN6O2. The molecule has 9 heteroatoms. The Kier molecular flexibility index (Phi) is 6.79. The highest BCUT2D eigenvalue weighted by atomic mass is 19.1. The van der Waals surface area contributed by atoms with Gasteiger partial charge < -0.3 is 20.7 Å². The monoisotopic (exact) mass is 450 g/mol. The van der Waals surface area contributed by atoms with Crippen molar-refractivity contribution < 1.29 is 13.9 Å². The van der Waals surface area contributed by atoms with Crippen LogP contribution in [0.25, 0.3) is 22.6 Å². The zero-order valence-corrected chi connectivity index (χ0v) is 18.7. The number of piperidine rings is 1. The lowest BCUT2D eigenvalue weighted by molar-refractivity contribution is 0.0908. The van der Waals surface area contributed by atoms with Gasteiger partial charge in [-0.2, -0.15) is 0 Å². The van der Waals surface area contributed by atoms with Crippen molar-refractivity contribution in [3.05, 3.63) is 54.1 Å². The van der Waals surface area contributed by atoms with E-state index in [9.17, 15) is 4.79 Å². The minimum absolute atomic E-state index is 0.0440. The molecule has 33 heavy (non-hydrogen) atoms. The molecule has 3 aromatic rings. The van der Waals surface area contributed by atoms with E-state index in [1.807, 2.05) is 38.2 Å². The summed E-state index contributed by atoms with van der Waals surface area (Å²) in [4.78, 5) is 27.9. The number of rotatable bonds is 6. The molecule has 0 bridgehead atoms. The van der Waals surface area contributed by atoms with Crippen LogP contribution < -0.4 is 15.8 Å². The van der Waals surface area contributed by atoms with Gasteiger partial charge in [0.2, 0.25) is 0 Å². The average Bonchev–Trinajstić information content (AvgIpc) is 2.81. The molecule has 0 radical (unpaired) electrons. The van der Waals surface area contributed by atoms with Crippen LogP contribution in [-0.4, -0.2) is 58.5 Å². The fourth-order valence-corrected chi connectivity index (χ4v) is 3.91. The predicted octanol–water partition coefficient (Wildman–Crippen LogP) is 3.15. The minimum Gasteiger partial charge on any atom is -0.494 e. The van der Waals surface area contributed by atoms with Crippen LogP contribution in [0.4, 0.5) is 10.2 Å². The number of carbonyl (C=O) groups excluding carboxylic acids is 1. The lowest BCUT2D eigenvalue weighted by Crippen LogP contribution is -2.46. The maximum Gasteiger partial charge on any atom is 0.254 e. The predicted molar refractivity (Wildman–Crippen MR) is 124 cm³/mol. The Morgan fingerprint density at radius 3 is 2.70 bits per heavy atom. The number of benzene rings is 1.